The van der Waals surface area contributed by atoms with Crippen LogP contribution in [0.15, 0.2) is 12.3 Å². The molecular formula is C12H19N3O. The highest BCUT2D eigenvalue weighted by molar-refractivity contribution is 5.51. The first-order valence-electron chi connectivity index (χ1n) is 5.82. The highest BCUT2D eigenvalue weighted by Gasteiger charge is 2.19. The zero-order valence-corrected chi connectivity index (χ0v) is 9.61. The molecule has 4 nitrogen and oxygen atoms in total. The summed E-state index contributed by atoms with van der Waals surface area (Å²) < 4.78 is 0. The molecule has 16 heavy (non-hydrogen) atoms. The molecule has 1 saturated carbocycles. The van der Waals surface area contributed by atoms with Crippen LogP contribution in [0.2, 0.25) is 0 Å². The Labute approximate surface area is 95.9 Å². The average Bonchev–Trinajstić information content (AvgIpc) is 2.25. The molecule has 0 aliphatic heterocycles. The van der Waals surface area contributed by atoms with Crippen LogP contribution in [0.3, 0.4) is 0 Å². The molecule has 0 spiro atoms. The first kappa shape index (κ1) is 11.2. The van der Waals surface area contributed by atoms with Gasteiger partial charge in [-0.15, -0.1) is 0 Å². The second kappa shape index (κ2) is 4.70. The lowest BCUT2D eigenvalue weighted by atomic mass is 9.93. The number of aliphatic hydroxyl groups is 1. The molecule has 0 aromatic carbocycles. The van der Waals surface area contributed by atoms with Crippen LogP contribution in [-0.4, -0.2) is 22.2 Å². The van der Waals surface area contributed by atoms with Gasteiger partial charge in [-0.3, -0.25) is 0 Å². The Morgan fingerprint density at radius 3 is 2.69 bits per heavy atom. The van der Waals surface area contributed by atoms with Crippen molar-refractivity contribution >= 4 is 11.5 Å². The molecule has 1 heterocycles. The van der Waals surface area contributed by atoms with Crippen LogP contribution in [0.1, 0.15) is 31.2 Å². The molecule has 4 heteroatoms. The molecule has 1 aliphatic carbocycles. The van der Waals surface area contributed by atoms with Gasteiger partial charge in [0.2, 0.25) is 0 Å². The number of anilines is 2. The van der Waals surface area contributed by atoms with Crippen molar-refractivity contribution in [2.45, 2.75) is 44.8 Å². The smallest absolute Gasteiger partial charge is 0.129 e. The molecule has 1 aromatic heterocycles. The number of pyridine rings is 1. The summed E-state index contributed by atoms with van der Waals surface area (Å²) in [4.78, 5) is 4.29. The molecule has 0 amide bonds. The Balaban J connectivity index is 1.98. The Hall–Kier alpha value is -1.29. The van der Waals surface area contributed by atoms with Gasteiger partial charge < -0.3 is 16.2 Å². The maximum Gasteiger partial charge on any atom is 0.129 e. The number of hydrogen-bond acceptors (Lipinski definition) is 4. The van der Waals surface area contributed by atoms with E-state index in [1.165, 1.54) is 0 Å². The van der Waals surface area contributed by atoms with Gasteiger partial charge in [-0.05, 0) is 44.2 Å². The van der Waals surface area contributed by atoms with Gasteiger partial charge in [0.25, 0.3) is 0 Å². The summed E-state index contributed by atoms with van der Waals surface area (Å²) in [6, 6.07) is 2.35. The predicted molar refractivity (Wildman–Crippen MR) is 65.3 cm³/mol. The van der Waals surface area contributed by atoms with E-state index in [0.717, 1.165) is 37.1 Å². The van der Waals surface area contributed by atoms with E-state index < -0.39 is 0 Å². The van der Waals surface area contributed by atoms with E-state index in [1.807, 2.05) is 13.0 Å². The van der Waals surface area contributed by atoms with Crippen LogP contribution in [-0.2, 0) is 0 Å². The number of rotatable bonds is 2. The van der Waals surface area contributed by atoms with E-state index in [2.05, 4.69) is 10.3 Å². The minimum atomic E-state index is -0.112. The summed E-state index contributed by atoms with van der Waals surface area (Å²) in [6.45, 7) is 2.00. The summed E-state index contributed by atoms with van der Waals surface area (Å²) in [5.74, 6) is 0.913. The van der Waals surface area contributed by atoms with Crippen molar-refractivity contribution < 1.29 is 5.11 Å². The first-order chi connectivity index (χ1) is 7.65. The van der Waals surface area contributed by atoms with Crippen molar-refractivity contribution in [3.63, 3.8) is 0 Å². The third-order valence-corrected chi connectivity index (χ3v) is 3.14. The molecule has 0 bridgehead atoms. The van der Waals surface area contributed by atoms with E-state index in [-0.39, 0.29) is 6.10 Å². The summed E-state index contributed by atoms with van der Waals surface area (Å²) in [5, 5.41) is 12.8. The maximum absolute atomic E-state index is 9.42. The summed E-state index contributed by atoms with van der Waals surface area (Å²) in [5.41, 5.74) is 7.43. The largest absolute Gasteiger partial charge is 0.397 e. The van der Waals surface area contributed by atoms with Crippen LogP contribution in [0.25, 0.3) is 0 Å². The van der Waals surface area contributed by atoms with Gasteiger partial charge in [0.05, 0.1) is 18.0 Å². The van der Waals surface area contributed by atoms with Crippen molar-refractivity contribution in [3.05, 3.63) is 17.8 Å². The van der Waals surface area contributed by atoms with Crippen molar-refractivity contribution in [2.24, 2.45) is 0 Å². The Morgan fingerprint density at radius 2 is 2.06 bits per heavy atom. The third-order valence-electron chi connectivity index (χ3n) is 3.14. The molecule has 0 atom stereocenters. The Morgan fingerprint density at radius 1 is 1.38 bits per heavy atom. The van der Waals surface area contributed by atoms with E-state index in [9.17, 15) is 5.11 Å². The highest BCUT2D eigenvalue weighted by Crippen LogP contribution is 2.23. The molecule has 1 aliphatic rings. The zero-order chi connectivity index (χ0) is 11.5. The van der Waals surface area contributed by atoms with E-state index in [1.54, 1.807) is 6.20 Å². The van der Waals surface area contributed by atoms with Crippen LogP contribution in [0.5, 0.6) is 0 Å². The first-order valence-corrected chi connectivity index (χ1v) is 5.82. The quantitative estimate of drug-likeness (QED) is 0.710. The number of nitrogens with two attached hydrogens (primary N) is 1. The fourth-order valence-corrected chi connectivity index (χ4v) is 2.16. The summed E-state index contributed by atoms with van der Waals surface area (Å²) >= 11 is 0. The van der Waals surface area contributed by atoms with Gasteiger partial charge in [0.1, 0.15) is 5.82 Å². The second-order valence-electron chi connectivity index (χ2n) is 4.58. The van der Waals surface area contributed by atoms with Gasteiger partial charge in [-0.2, -0.15) is 0 Å². The van der Waals surface area contributed by atoms with Crippen molar-refractivity contribution in [3.8, 4) is 0 Å². The maximum atomic E-state index is 9.42. The standard InChI is InChI=1S/C12H19N3O/c1-8-6-9(13)7-14-12(8)15-10-2-4-11(16)5-3-10/h6-7,10-11,16H,2-5,13H2,1H3,(H,14,15). The van der Waals surface area contributed by atoms with E-state index in [4.69, 9.17) is 5.73 Å². The minimum Gasteiger partial charge on any atom is -0.397 e. The SMILES string of the molecule is Cc1cc(N)cnc1NC1CCC(O)CC1. The lowest BCUT2D eigenvalue weighted by molar-refractivity contribution is 0.126. The van der Waals surface area contributed by atoms with Gasteiger partial charge in [-0.25, -0.2) is 4.98 Å². The molecule has 88 valence electrons. The number of aromatic nitrogens is 1. The number of nitrogens with one attached hydrogen (secondary N) is 1. The molecule has 4 N–H and O–H groups in total. The van der Waals surface area contributed by atoms with Crippen molar-refractivity contribution in [1.29, 1.82) is 0 Å². The molecular weight excluding hydrogens is 202 g/mol. The third kappa shape index (κ3) is 2.64. The second-order valence-corrected chi connectivity index (χ2v) is 4.58. The van der Waals surface area contributed by atoms with E-state index >= 15 is 0 Å². The molecule has 2 rings (SSSR count). The topological polar surface area (TPSA) is 71.2 Å². The minimum absolute atomic E-state index is 0.112. The average molecular weight is 221 g/mol. The predicted octanol–water partition coefficient (Wildman–Crippen LogP) is 1.69. The highest BCUT2D eigenvalue weighted by atomic mass is 16.3. The number of nitrogen functional groups attached to an aromatic ring is 1. The number of aliphatic hydroxyl groups excluding tert-OH is 1. The lowest BCUT2D eigenvalue weighted by Gasteiger charge is -2.27. The Kier molecular flexibility index (Phi) is 3.29. The molecule has 1 fully saturated rings. The Bertz CT molecular complexity index is 359. The van der Waals surface area contributed by atoms with Gasteiger partial charge in [0, 0.05) is 6.04 Å². The number of hydrogen-bond donors (Lipinski definition) is 3. The monoisotopic (exact) mass is 221 g/mol. The zero-order valence-electron chi connectivity index (χ0n) is 9.61. The van der Waals surface area contributed by atoms with Crippen LogP contribution < -0.4 is 11.1 Å². The fraction of sp³-hybridized carbons (Fsp3) is 0.583. The van der Waals surface area contributed by atoms with Crippen LogP contribution in [0.4, 0.5) is 11.5 Å². The normalized spacial score (nSPS) is 25.4. The van der Waals surface area contributed by atoms with Gasteiger partial charge >= 0.3 is 0 Å². The van der Waals surface area contributed by atoms with Crippen molar-refractivity contribution in [2.75, 3.05) is 11.1 Å². The molecule has 1 aromatic rings. The van der Waals surface area contributed by atoms with E-state index in [0.29, 0.717) is 11.7 Å². The lowest BCUT2D eigenvalue weighted by Crippen LogP contribution is -2.28. The number of aryl methyl sites for hydroxylation is 1. The number of nitrogens with zero attached hydrogens (tertiary/aromatic N) is 1. The molecule has 0 radical (unpaired) electrons. The van der Waals surface area contributed by atoms with Gasteiger partial charge in [0.15, 0.2) is 0 Å². The van der Waals surface area contributed by atoms with Gasteiger partial charge in [-0.1, -0.05) is 0 Å². The van der Waals surface area contributed by atoms with Crippen LogP contribution in [0, 0.1) is 6.92 Å². The summed E-state index contributed by atoms with van der Waals surface area (Å²) in [7, 11) is 0. The fourth-order valence-electron chi connectivity index (χ4n) is 2.16. The van der Waals surface area contributed by atoms with Crippen LogP contribution >= 0.6 is 0 Å². The molecule has 0 unspecified atom stereocenters. The molecule has 0 saturated heterocycles. The van der Waals surface area contributed by atoms with Crippen molar-refractivity contribution in [1.82, 2.24) is 4.98 Å². The summed E-state index contributed by atoms with van der Waals surface area (Å²) in [6.07, 6.45) is 5.34.